The Morgan fingerprint density at radius 1 is 1.27 bits per heavy atom. The number of aromatic nitrogens is 2. The van der Waals surface area contributed by atoms with Crippen LogP contribution in [0.4, 0.5) is 5.13 Å². The van der Waals surface area contributed by atoms with Gasteiger partial charge in [-0.25, -0.2) is 0 Å². The molecule has 6 heteroatoms. The van der Waals surface area contributed by atoms with Gasteiger partial charge in [-0.15, -0.1) is 10.2 Å². The van der Waals surface area contributed by atoms with E-state index in [2.05, 4.69) is 31.4 Å². The zero-order chi connectivity index (χ0) is 10.3. The Hall–Kier alpha value is -0.200. The van der Waals surface area contributed by atoms with Crippen molar-refractivity contribution in [1.82, 2.24) is 10.2 Å². The monoisotopic (exact) mass is 289 g/mol. The van der Waals surface area contributed by atoms with Crippen molar-refractivity contribution in [2.45, 2.75) is 43.9 Å². The summed E-state index contributed by atoms with van der Waals surface area (Å²) in [5.74, 6) is 0. The van der Waals surface area contributed by atoms with Crippen molar-refractivity contribution in [2.75, 3.05) is 5.32 Å². The van der Waals surface area contributed by atoms with E-state index in [-0.39, 0.29) is 0 Å². The molecule has 0 radical (unpaired) electrons. The zero-order valence-electron chi connectivity index (χ0n) is 8.15. The van der Waals surface area contributed by atoms with E-state index in [0.29, 0.717) is 18.2 Å². The second-order valence-electron chi connectivity index (χ2n) is 4.06. The third kappa shape index (κ3) is 2.03. The summed E-state index contributed by atoms with van der Waals surface area (Å²) in [5, 5.41) is 12.3. The van der Waals surface area contributed by atoms with Gasteiger partial charge in [-0.05, 0) is 41.6 Å². The number of halogens is 1. The Morgan fingerprint density at radius 3 is 2.93 bits per heavy atom. The van der Waals surface area contributed by atoms with Crippen molar-refractivity contribution in [1.29, 1.82) is 0 Å². The van der Waals surface area contributed by atoms with Crippen molar-refractivity contribution in [3.8, 4) is 0 Å². The van der Waals surface area contributed by atoms with Crippen LogP contribution in [0.5, 0.6) is 0 Å². The maximum absolute atomic E-state index is 5.87. The zero-order valence-corrected chi connectivity index (χ0v) is 10.6. The van der Waals surface area contributed by atoms with Gasteiger partial charge in [-0.1, -0.05) is 11.3 Å². The molecule has 0 amide bonds. The first-order chi connectivity index (χ1) is 7.31. The molecule has 0 aromatic carbocycles. The number of nitrogens with zero attached hydrogens (tertiary/aromatic N) is 2. The number of hydrogen-bond acceptors (Lipinski definition) is 5. The number of hydrogen-bond donors (Lipinski definition) is 1. The van der Waals surface area contributed by atoms with Gasteiger partial charge in [0.15, 0.2) is 3.92 Å². The molecular weight excluding hydrogens is 278 g/mol. The minimum atomic E-state index is 0.381. The van der Waals surface area contributed by atoms with Crippen LogP contribution < -0.4 is 5.32 Å². The topological polar surface area (TPSA) is 47.0 Å². The number of ether oxygens (including phenoxy) is 1. The molecule has 2 aliphatic heterocycles. The van der Waals surface area contributed by atoms with Gasteiger partial charge in [-0.3, -0.25) is 0 Å². The van der Waals surface area contributed by atoms with Gasteiger partial charge in [0.25, 0.3) is 0 Å². The van der Waals surface area contributed by atoms with E-state index in [4.69, 9.17) is 4.74 Å². The van der Waals surface area contributed by atoms with Crippen molar-refractivity contribution >= 4 is 32.4 Å². The normalized spacial score (nSPS) is 34.3. The summed E-state index contributed by atoms with van der Waals surface area (Å²) < 4.78 is 6.70. The summed E-state index contributed by atoms with van der Waals surface area (Å²) >= 11 is 4.85. The average molecular weight is 290 g/mol. The van der Waals surface area contributed by atoms with Crippen molar-refractivity contribution in [3.05, 3.63) is 3.92 Å². The van der Waals surface area contributed by atoms with Gasteiger partial charge >= 0.3 is 0 Å². The fourth-order valence-electron chi connectivity index (χ4n) is 2.38. The van der Waals surface area contributed by atoms with Crippen LogP contribution in [-0.4, -0.2) is 28.4 Å². The highest BCUT2D eigenvalue weighted by molar-refractivity contribution is 9.11. The molecule has 4 nitrogen and oxygen atoms in total. The summed E-state index contributed by atoms with van der Waals surface area (Å²) in [4.78, 5) is 0. The number of rotatable bonds is 2. The van der Waals surface area contributed by atoms with E-state index in [9.17, 15) is 0 Å². The first kappa shape index (κ1) is 9.99. The van der Waals surface area contributed by atoms with Gasteiger partial charge < -0.3 is 10.1 Å². The van der Waals surface area contributed by atoms with Crippen LogP contribution in [0.25, 0.3) is 0 Å². The highest BCUT2D eigenvalue weighted by Crippen LogP contribution is 2.34. The first-order valence-electron chi connectivity index (χ1n) is 5.22. The number of anilines is 1. The Balaban J connectivity index is 1.67. The Labute approximate surface area is 101 Å². The van der Waals surface area contributed by atoms with E-state index in [1.807, 2.05) is 0 Å². The summed E-state index contributed by atoms with van der Waals surface area (Å²) in [5.41, 5.74) is 0. The fourth-order valence-corrected chi connectivity index (χ4v) is 3.45. The van der Waals surface area contributed by atoms with Crippen LogP contribution in [0, 0.1) is 0 Å². The van der Waals surface area contributed by atoms with Gasteiger partial charge in [0.1, 0.15) is 0 Å². The van der Waals surface area contributed by atoms with Gasteiger partial charge in [0.2, 0.25) is 5.13 Å². The highest BCUT2D eigenvalue weighted by Gasteiger charge is 2.36. The molecule has 3 unspecified atom stereocenters. The lowest BCUT2D eigenvalue weighted by molar-refractivity contribution is -0.00220. The first-order valence-corrected chi connectivity index (χ1v) is 6.83. The predicted octanol–water partition coefficient (Wildman–Crippen LogP) is 2.42. The molecule has 2 bridgehead atoms. The van der Waals surface area contributed by atoms with Gasteiger partial charge in [0.05, 0.1) is 18.2 Å². The lowest BCUT2D eigenvalue weighted by Gasteiger charge is -2.29. The van der Waals surface area contributed by atoms with Crippen molar-refractivity contribution in [3.63, 3.8) is 0 Å². The molecule has 3 atom stereocenters. The molecule has 2 saturated heterocycles. The quantitative estimate of drug-likeness (QED) is 0.908. The Kier molecular flexibility index (Phi) is 2.66. The van der Waals surface area contributed by atoms with E-state index >= 15 is 0 Å². The third-order valence-corrected chi connectivity index (χ3v) is 4.39. The summed E-state index contributed by atoms with van der Waals surface area (Å²) in [6.07, 6.45) is 5.67. The highest BCUT2D eigenvalue weighted by atomic mass is 79.9. The Morgan fingerprint density at radius 2 is 2.13 bits per heavy atom. The van der Waals surface area contributed by atoms with E-state index < -0.39 is 0 Å². The van der Waals surface area contributed by atoms with Crippen LogP contribution in [0.2, 0.25) is 0 Å². The predicted molar refractivity (Wildman–Crippen MR) is 62.1 cm³/mol. The molecule has 3 rings (SSSR count). The molecule has 0 spiro atoms. The lowest BCUT2D eigenvalue weighted by Crippen LogP contribution is -2.37. The maximum atomic E-state index is 5.87. The molecule has 1 aromatic rings. The summed E-state index contributed by atoms with van der Waals surface area (Å²) in [6.45, 7) is 0. The van der Waals surface area contributed by atoms with Gasteiger partial charge in [-0.2, -0.15) is 0 Å². The molecular formula is C9H12BrN3OS. The molecule has 1 aromatic heterocycles. The summed E-state index contributed by atoms with van der Waals surface area (Å²) in [7, 11) is 0. The second-order valence-corrected chi connectivity index (χ2v) is 6.32. The maximum Gasteiger partial charge on any atom is 0.206 e. The molecule has 15 heavy (non-hydrogen) atoms. The van der Waals surface area contributed by atoms with Crippen LogP contribution >= 0.6 is 27.3 Å². The SMILES string of the molecule is Brc1nnc(NC2CCC3CCC2O3)s1. The standard InChI is InChI=1S/C9H12BrN3OS/c10-8-12-13-9(15-8)11-6-3-1-5-2-4-7(6)14-5/h5-7H,1-4H2,(H,11,13). The smallest absolute Gasteiger partial charge is 0.206 e. The average Bonchev–Trinajstić information content (AvgIpc) is 2.79. The lowest BCUT2D eigenvalue weighted by atomic mass is 10.0. The third-order valence-electron chi connectivity index (χ3n) is 3.10. The number of nitrogens with one attached hydrogen (secondary N) is 1. The van der Waals surface area contributed by atoms with Crippen LogP contribution in [0.15, 0.2) is 3.92 Å². The minimum Gasteiger partial charge on any atom is -0.373 e. The molecule has 2 fully saturated rings. The summed E-state index contributed by atoms with van der Waals surface area (Å²) in [6, 6.07) is 0.420. The number of fused-ring (bicyclic) bond motifs is 2. The molecule has 2 aliphatic rings. The molecule has 1 N–H and O–H groups in total. The van der Waals surface area contributed by atoms with E-state index in [0.717, 1.165) is 9.05 Å². The molecule has 0 saturated carbocycles. The van der Waals surface area contributed by atoms with E-state index in [1.165, 1.54) is 37.0 Å². The second kappa shape index (κ2) is 3.99. The van der Waals surface area contributed by atoms with Crippen LogP contribution in [-0.2, 0) is 4.74 Å². The van der Waals surface area contributed by atoms with Gasteiger partial charge in [0, 0.05) is 0 Å². The van der Waals surface area contributed by atoms with Crippen molar-refractivity contribution in [2.24, 2.45) is 0 Å². The van der Waals surface area contributed by atoms with E-state index in [1.54, 1.807) is 0 Å². The molecule has 82 valence electrons. The molecule has 3 heterocycles. The van der Waals surface area contributed by atoms with Crippen molar-refractivity contribution < 1.29 is 4.74 Å². The van der Waals surface area contributed by atoms with Crippen LogP contribution in [0.1, 0.15) is 25.7 Å². The largest absolute Gasteiger partial charge is 0.373 e. The minimum absolute atomic E-state index is 0.381. The van der Waals surface area contributed by atoms with Crippen LogP contribution in [0.3, 0.4) is 0 Å². The fraction of sp³-hybridized carbons (Fsp3) is 0.778. The Bertz CT molecular complexity index is 359. The molecule has 0 aliphatic carbocycles.